The molecule has 2 atom stereocenters. The molecule has 0 saturated heterocycles. The number of allylic oxidation sites excluding steroid dienone is 1. The van der Waals surface area contributed by atoms with Crippen molar-refractivity contribution >= 4 is 11.8 Å². The summed E-state index contributed by atoms with van der Waals surface area (Å²) in [6.07, 6.45) is 5.60. The van der Waals surface area contributed by atoms with Gasteiger partial charge in [0.05, 0.1) is 7.11 Å². The van der Waals surface area contributed by atoms with Crippen LogP contribution in [0.1, 0.15) is 25.7 Å². The Kier molecular flexibility index (Phi) is 2.40. The molecule has 2 unspecified atom stereocenters. The summed E-state index contributed by atoms with van der Waals surface area (Å²) in [7, 11) is 1.36. The van der Waals surface area contributed by atoms with E-state index in [1.54, 1.807) is 0 Å². The van der Waals surface area contributed by atoms with Crippen LogP contribution in [0, 0.1) is 11.8 Å². The second-order valence-electron chi connectivity index (χ2n) is 3.99. The molecule has 1 saturated carbocycles. The van der Waals surface area contributed by atoms with E-state index in [0.717, 1.165) is 25.7 Å². The van der Waals surface area contributed by atoms with Crippen molar-refractivity contribution in [3.05, 3.63) is 11.6 Å². The summed E-state index contributed by atoms with van der Waals surface area (Å²) in [5, 5.41) is 0. The van der Waals surface area contributed by atoms with Gasteiger partial charge in [-0.25, -0.2) is 4.79 Å². The number of carbonyl (C=O) groups is 2. The Morgan fingerprint density at radius 1 is 1.36 bits per heavy atom. The first-order valence-electron chi connectivity index (χ1n) is 5.08. The van der Waals surface area contributed by atoms with Crippen molar-refractivity contribution in [1.29, 1.82) is 0 Å². The van der Waals surface area contributed by atoms with Crippen LogP contribution in [0.3, 0.4) is 0 Å². The van der Waals surface area contributed by atoms with Gasteiger partial charge < -0.3 is 4.74 Å². The molecule has 0 aromatic rings. The van der Waals surface area contributed by atoms with Gasteiger partial charge in [0.2, 0.25) is 0 Å². The summed E-state index contributed by atoms with van der Waals surface area (Å²) in [6.45, 7) is 0. The first-order chi connectivity index (χ1) is 6.74. The summed E-state index contributed by atoms with van der Waals surface area (Å²) >= 11 is 0. The van der Waals surface area contributed by atoms with Gasteiger partial charge in [0.1, 0.15) is 0 Å². The smallest absolute Gasteiger partial charge is 0.334 e. The van der Waals surface area contributed by atoms with Crippen LogP contribution in [0.25, 0.3) is 0 Å². The average molecular weight is 194 g/mol. The monoisotopic (exact) mass is 194 g/mol. The molecule has 3 heteroatoms. The highest BCUT2D eigenvalue weighted by atomic mass is 16.5. The van der Waals surface area contributed by atoms with E-state index in [2.05, 4.69) is 4.74 Å². The molecule has 1 fully saturated rings. The third kappa shape index (κ3) is 1.37. The number of fused-ring (bicyclic) bond motifs is 1. The summed E-state index contributed by atoms with van der Waals surface area (Å²) in [5.41, 5.74) is 0.599. The molecule has 0 heterocycles. The number of hydrogen-bond donors (Lipinski definition) is 0. The van der Waals surface area contributed by atoms with E-state index in [-0.39, 0.29) is 23.6 Å². The maximum atomic E-state index is 11.6. The molecule has 2 rings (SSSR count). The van der Waals surface area contributed by atoms with Gasteiger partial charge in [-0.2, -0.15) is 0 Å². The van der Waals surface area contributed by atoms with Gasteiger partial charge in [-0.3, -0.25) is 4.79 Å². The lowest BCUT2D eigenvalue weighted by Crippen LogP contribution is -2.23. The summed E-state index contributed by atoms with van der Waals surface area (Å²) in [6, 6.07) is 0. The van der Waals surface area contributed by atoms with Crippen LogP contribution in [0.2, 0.25) is 0 Å². The van der Waals surface area contributed by atoms with E-state index < -0.39 is 0 Å². The van der Waals surface area contributed by atoms with Crippen LogP contribution in [-0.2, 0) is 14.3 Å². The number of ketones is 1. The molecular formula is C11H14O3. The summed E-state index contributed by atoms with van der Waals surface area (Å²) in [5.74, 6) is 0.00407. The number of ether oxygens (including phenoxy) is 1. The normalized spacial score (nSPS) is 30.9. The van der Waals surface area contributed by atoms with Crippen molar-refractivity contribution in [2.45, 2.75) is 25.7 Å². The highest BCUT2D eigenvalue weighted by Crippen LogP contribution is 2.40. The molecule has 76 valence electrons. The minimum atomic E-state index is -0.326. The van der Waals surface area contributed by atoms with Gasteiger partial charge in [0.25, 0.3) is 0 Å². The molecule has 0 aromatic carbocycles. The Hall–Kier alpha value is -1.12. The third-order valence-electron chi connectivity index (χ3n) is 3.25. The van der Waals surface area contributed by atoms with Gasteiger partial charge in [-0.05, 0) is 18.9 Å². The zero-order valence-electron chi connectivity index (χ0n) is 8.29. The van der Waals surface area contributed by atoms with Crippen molar-refractivity contribution in [1.82, 2.24) is 0 Å². The van der Waals surface area contributed by atoms with Crippen molar-refractivity contribution in [2.24, 2.45) is 11.8 Å². The fraction of sp³-hybridized carbons (Fsp3) is 0.636. The topological polar surface area (TPSA) is 43.4 Å². The number of rotatable bonds is 1. The Morgan fingerprint density at radius 2 is 2.00 bits per heavy atom. The quantitative estimate of drug-likeness (QED) is 0.594. The molecule has 0 spiro atoms. The second-order valence-corrected chi connectivity index (χ2v) is 3.99. The van der Waals surface area contributed by atoms with Gasteiger partial charge in [0.15, 0.2) is 5.78 Å². The average Bonchev–Trinajstić information content (AvgIpc) is 2.56. The molecule has 0 amide bonds. The molecular weight excluding hydrogens is 180 g/mol. The molecule has 0 aliphatic heterocycles. The zero-order valence-corrected chi connectivity index (χ0v) is 8.29. The lowest BCUT2D eigenvalue weighted by atomic mass is 9.78. The Labute approximate surface area is 83.1 Å². The fourth-order valence-electron chi connectivity index (χ4n) is 2.54. The minimum absolute atomic E-state index is 0.0675. The third-order valence-corrected chi connectivity index (χ3v) is 3.25. The first kappa shape index (κ1) is 9.44. The van der Waals surface area contributed by atoms with E-state index in [4.69, 9.17) is 0 Å². The van der Waals surface area contributed by atoms with Crippen LogP contribution in [0.4, 0.5) is 0 Å². The van der Waals surface area contributed by atoms with E-state index in [1.807, 2.05) is 0 Å². The van der Waals surface area contributed by atoms with E-state index >= 15 is 0 Å². The minimum Gasteiger partial charge on any atom is -0.466 e. The van der Waals surface area contributed by atoms with Gasteiger partial charge in [0, 0.05) is 17.4 Å². The fourth-order valence-corrected chi connectivity index (χ4v) is 2.54. The number of esters is 1. The predicted octanol–water partition coefficient (Wildman–Crippen LogP) is 1.47. The SMILES string of the molecule is COC(=O)C1=CC(=O)C2CCCCC12. The molecule has 0 bridgehead atoms. The van der Waals surface area contributed by atoms with Crippen LogP contribution in [-0.4, -0.2) is 18.9 Å². The highest BCUT2D eigenvalue weighted by Gasteiger charge is 2.40. The van der Waals surface area contributed by atoms with Crippen LogP contribution >= 0.6 is 0 Å². The van der Waals surface area contributed by atoms with Crippen molar-refractivity contribution in [3.63, 3.8) is 0 Å². The van der Waals surface area contributed by atoms with E-state index in [1.165, 1.54) is 13.2 Å². The standard InChI is InChI=1S/C11H14O3/c1-14-11(13)9-6-10(12)8-5-3-2-4-7(8)9/h6-8H,2-5H2,1H3. The molecule has 2 aliphatic carbocycles. The molecule has 2 aliphatic rings. The maximum absolute atomic E-state index is 11.6. The van der Waals surface area contributed by atoms with Crippen molar-refractivity contribution in [2.75, 3.05) is 7.11 Å². The van der Waals surface area contributed by atoms with Gasteiger partial charge in [-0.15, -0.1) is 0 Å². The Balaban J connectivity index is 2.22. The van der Waals surface area contributed by atoms with Crippen molar-refractivity contribution < 1.29 is 14.3 Å². The lowest BCUT2D eigenvalue weighted by Gasteiger charge is -2.25. The largest absolute Gasteiger partial charge is 0.466 e. The summed E-state index contributed by atoms with van der Waals surface area (Å²) < 4.78 is 4.67. The number of methoxy groups -OCH3 is 1. The predicted molar refractivity (Wildman–Crippen MR) is 50.6 cm³/mol. The Bertz CT molecular complexity index is 304. The first-order valence-corrected chi connectivity index (χ1v) is 5.08. The second kappa shape index (κ2) is 3.56. The maximum Gasteiger partial charge on any atom is 0.334 e. The van der Waals surface area contributed by atoms with E-state index in [0.29, 0.717) is 5.57 Å². The molecule has 3 nitrogen and oxygen atoms in total. The van der Waals surface area contributed by atoms with Crippen LogP contribution in [0.5, 0.6) is 0 Å². The summed E-state index contributed by atoms with van der Waals surface area (Å²) in [4.78, 5) is 22.9. The Morgan fingerprint density at radius 3 is 2.64 bits per heavy atom. The van der Waals surface area contributed by atoms with Gasteiger partial charge >= 0.3 is 5.97 Å². The lowest BCUT2D eigenvalue weighted by molar-refractivity contribution is -0.136. The van der Waals surface area contributed by atoms with Crippen LogP contribution < -0.4 is 0 Å². The zero-order chi connectivity index (χ0) is 10.1. The van der Waals surface area contributed by atoms with Gasteiger partial charge in [-0.1, -0.05) is 12.8 Å². The molecule has 14 heavy (non-hydrogen) atoms. The molecule has 0 N–H and O–H groups in total. The molecule has 0 radical (unpaired) electrons. The number of carbonyl (C=O) groups excluding carboxylic acids is 2. The molecule has 0 aromatic heterocycles. The van der Waals surface area contributed by atoms with Crippen LogP contribution in [0.15, 0.2) is 11.6 Å². The number of hydrogen-bond acceptors (Lipinski definition) is 3. The highest BCUT2D eigenvalue weighted by molar-refractivity contribution is 6.05. The van der Waals surface area contributed by atoms with Crippen molar-refractivity contribution in [3.8, 4) is 0 Å². The van der Waals surface area contributed by atoms with E-state index in [9.17, 15) is 9.59 Å².